The summed E-state index contributed by atoms with van der Waals surface area (Å²) in [7, 11) is 0. The quantitative estimate of drug-likeness (QED) is 0.342. The summed E-state index contributed by atoms with van der Waals surface area (Å²) in [5.41, 5.74) is -1.50. The molecule has 0 aliphatic heterocycles. The van der Waals surface area contributed by atoms with E-state index < -0.39 is 57.4 Å². The maximum absolute atomic E-state index is 14.6. The predicted molar refractivity (Wildman–Crippen MR) is 116 cm³/mol. The Morgan fingerprint density at radius 3 is 2.30 bits per heavy atom. The summed E-state index contributed by atoms with van der Waals surface area (Å²) in [6.07, 6.45) is -3.19. The number of nitrogens with one attached hydrogen (secondary N) is 3. The van der Waals surface area contributed by atoms with Crippen LogP contribution < -0.4 is 16.0 Å². The van der Waals surface area contributed by atoms with Gasteiger partial charge in [0.1, 0.15) is 15.8 Å². The van der Waals surface area contributed by atoms with Gasteiger partial charge < -0.3 is 16.0 Å². The number of alkyl halides is 4. The zero-order valence-electron chi connectivity index (χ0n) is 16.5. The van der Waals surface area contributed by atoms with Crippen LogP contribution in [0.4, 0.5) is 34.6 Å². The van der Waals surface area contributed by atoms with Gasteiger partial charge in [-0.2, -0.15) is 8.78 Å². The maximum Gasteiger partial charge on any atom is 0.315 e. The highest BCUT2D eigenvalue weighted by atomic mass is 35.5. The summed E-state index contributed by atoms with van der Waals surface area (Å²) in [6, 6.07) is 4.03. The SMILES string of the molecule is Cc1cc(NC(=O)C2CC2(Cl)Cl)cc(C(=O)Nc2c(F)ccc(NC(=O)C(F)F)c2F)c1Cl. The molecule has 0 heterocycles. The molecule has 1 unspecified atom stereocenters. The molecule has 2 aromatic carbocycles. The molecule has 33 heavy (non-hydrogen) atoms. The number of halogens is 7. The molecule has 0 spiro atoms. The number of amides is 3. The predicted octanol–water partition coefficient (Wildman–Crippen LogP) is 5.51. The molecule has 2 aromatic rings. The van der Waals surface area contributed by atoms with Crippen LogP contribution in [0.5, 0.6) is 0 Å². The Bertz CT molecular complexity index is 1160. The van der Waals surface area contributed by atoms with Gasteiger partial charge in [-0.3, -0.25) is 14.4 Å². The van der Waals surface area contributed by atoms with Crippen molar-refractivity contribution in [1.29, 1.82) is 0 Å². The van der Waals surface area contributed by atoms with E-state index in [0.717, 1.165) is 6.07 Å². The molecular weight excluding hydrogens is 513 g/mol. The molecular formula is C20H14Cl3F4N3O3. The minimum atomic E-state index is -3.44. The van der Waals surface area contributed by atoms with Gasteiger partial charge in [-0.15, -0.1) is 23.2 Å². The van der Waals surface area contributed by atoms with Gasteiger partial charge in [-0.25, -0.2) is 8.78 Å². The van der Waals surface area contributed by atoms with E-state index in [1.807, 2.05) is 5.32 Å². The summed E-state index contributed by atoms with van der Waals surface area (Å²) < 4.78 is 52.5. The maximum atomic E-state index is 14.6. The van der Waals surface area contributed by atoms with E-state index in [1.54, 1.807) is 5.32 Å². The normalized spacial score (nSPS) is 16.3. The average molecular weight is 527 g/mol. The lowest BCUT2D eigenvalue weighted by molar-refractivity contribution is -0.126. The lowest BCUT2D eigenvalue weighted by Crippen LogP contribution is -2.22. The van der Waals surface area contributed by atoms with Gasteiger partial charge in [0.2, 0.25) is 5.91 Å². The van der Waals surface area contributed by atoms with Gasteiger partial charge in [-0.1, -0.05) is 11.6 Å². The number of carbonyl (C=O) groups excluding carboxylic acids is 3. The number of anilines is 3. The van der Waals surface area contributed by atoms with Crippen molar-refractivity contribution in [3.8, 4) is 0 Å². The summed E-state index contributed by atoms with van der Waals surface area (Å²) in [4.78, 5) is 36.1. The second-order valence-corrected chi connectivity index (χ2v) is 9.11. The highest BCUT2D eigenvalue weighted by Gasteiger charge is 2.56. The fourth-order valence-electron chi connectivity index (χ4n) is 2.87. The molecule has 1 fully saturated rings. The Hall–Kier alpha value is -2.56. The number of benzene rings is 2. The Kier molecular flexibility index (Phi) is 7.11. The zero-order valence-corrected chi connectivity index (χ0v) is 18.8. The van der Waals surface area contributed by atoms with E-state index in [9.17, 15) is 31.9 Å². The Morgan fingerprint density at radius 1 is 1.09 bits per heavy atom. The van der Waals surface area contributed by atoms with Crippen LogP contribution >= 0.6 is 34.8 Å². The van der Waals surface area contributed by atoms with Crippen LogP contribution in [0.25, 0.3) is 0 Å². The molecule has 13 heteroatoms. The minimum absolute atomic E-state index is 0.0658. The molecule has 0 aromatic heterocycles. The van der Waals surface area contributed by atoms with E-state index >= 15 is 0 Å². The Labute approximate surface area is 199 Å². The van der Waals surface area contributed by atoms with E-state index in [1.165, 1.54) is 19.1 Å². The van der Waals surface area contributed by atoms with Crippen molar-refractivity contribution in [2.24, 2.45) is 5.92 Å². The van der Waals surface area contributed by atoms with Crippen molar-refractivity contribution in [3.05, 3.63) is 52.0 Å². The summed E-state index contributed by atoms with van der Waals surface area (Å²) in [5.74, 6) is -6.74. The van der Waals surface area contributed by atoms with Crippen molar-refractivity contribution in [2.45, 2.75) is 24.1 Å². The van der Waals surface area contributed by atoms with Gasteiger partial charge in [0.15, 0.2) is 5.82 Å². The number of rotatable bonds is 6. The third-order valence-electron chi connectivity index (χ3n) is 4.69. The van der Waals surface area contributed by atoms with Crippen LogP contribution in [0.2, 0.25) is 5.02 Å². The van der Waals surface area contributed by atoms with E-state index in [4.69, 9.17) is 34.8 Å². The van der Waals surface area contributed by atoms with Crippen LogP contribution in [-0.2, 0) is 9.59 Å². The standard InChI is InChI=1S/C20H14Cl3F4N3O3/c1-7-4-8(28-18(32)10-6-20(10,22)23)5-9(13(7)21)17(31)30-15-11(24)2-3-12(14(15)25)29-19(33)16(26)27/h2-5,10,16H,6H2,1H3,(H,28,32)(H,29,33)(H,30,31). The van der Waals surface area contributed by atoms with Crippen LogP contribution in [0.1, 0.15) is 22.3 Å². The van der Waals surface area contributed by atoms with Crippen LogP contribution in [0, 0.1) is 24.5 Å². The number of aryl methyl sites for hydroxylation is 1. The first kappa shape index (κ1) is 25.1. The molecule has 3 amide bonds. The van der Waals surface area contributed by atoms with E-state index in [2.05, 4.69) is 5.32 Å². The van der Waals surface area contributed by atoms with Crippen molar-refractivity contribution < 1.29 is 31.9 Å². The fourth-order valence-corrected chi connectivity index (χ4v) is 3.57. The molecule has 1 atom stereocenters. The highest BCUT2D eigenvalue weighted by Crippen LogP contribution is 2.53. The smallest absolute Gasteiger partial charge is 0.315 e. The number of carbonyl (C=O) groups is 3. The highest BCUT2D eigenvalue weighted by molar-refractivity contribution is 6.52. The average Bonchev–Trinajstić information content (AvgIpc) is 3.37. The van der Waals surface area contributed by atoms with Gasteiger partial charge in [-0.05, 0) is 43.2 Å². The lowest BCUT2D eigenvalue weighted by atomic mass is 10.1. The molecule has 1 aliphatic rings. The Morgan fingerprint density at radius 2 is 1.73 bits per heavy atom. The molecule has 1 saturated carbocycles. The van der Waals surface area contributed by atoms with Crippen molar-refractivity contribution in [1.82, 2.24) is 0 Å². The van der Waals surface area contributed by atoms with Gasteiger partial charge in [0.05, 0.1) is 22.2 Å². The monoisotopic (exact) mass is 525 g/mol. The van der Waals surface area contributed by atoms with E-state index in [0.29, 0.717) is 11.6 Å². The summed E-state index contributed by atoms with van der Waals surface area (Å²) >= 11 is 17.9. The van der Waals surface area contributed by atoms with Crippen molar-refractivity contribution in [3.63, 3.8) is 0 Å². The van der Waals surface area contributed by atoms with Crippen molar-refractivity contribution >= 4 is 69.6 Å². The summed E-state index contributed by atoms with van der Waals surface area (Å²) in [6.45, 7) is 1.53. The number of hydrogen-bond donors (Lipinski definition) is 3. The molecule has 3 rings (SSSR count). The molecule has 0 radical (unpaired) electrons. The van der Waals surface area contributed by atoms with Gasteiger partial charge in [0, 0.05) is 5.69 Å². The van der Waals surface area contributed by atoms with Gasteiger partial charge in [0.25, 0.3) is 11.8 Å². The third kappa shape index (κ3) is 5.51. The molecule has 3 N–H and O–H groups in total. The van der Waals surface area contributed by atoms with Crippen LogP contribution in [0.3, 0.4) is 0 Å². The topological polar surface area (TPSA) is 87.3 Å². The largest absolute Gasteiger partial charge is 0.326 e. The van der Waals surface area contributed by atoms with Crippen LogP contribution in [0.15, 0.2) is 24.3 Å². The molecule has 6 nitrogen and oxygen atoms in total. The second kappa shape index (κ2) is 9.36. The number of hydrogen-bond acceptors (Lipinski definition) is 3. The third-order valence-corrected chi connectivity index (χ3v) is 6.03. The first-order valence-electron chi connectivity index (χ1n) is 9.19. The minimum Gasteiger partial charge on any atom is -0.326 e. The lowest BCUT2D eigenvalue weighted by Gasteiger charge is -2.14. The zero-order chi connectivity index (χ0) is 24.7. The van der Waals surface area contributed by atoms with Crippen LogP contribution in [-0.4, -0.2) is 28.5 Å². The summed E-state index contributed by atoms with van der Waals surface area (Å²) in [5, 5.41) is 6.03. The molecule has 176 valence electrons. The fraction of sp³-hybridized carbons (Fsp3) is 0.250. The second-order valence-electron chi connectivity index (χ2n) is 7.19. The Balaban J connectivity index is 1.86. The molecule has 1 aliphatic carbocycles. The van der Waals surface area contributed by atoms with Gasteiger partial charge >= 0.3 is 6.43 Å². The first-order chi connectivity index (χ1) is 15.3. The molecule has 0 bridgehead atoms. The van der Waals surface area contributed by atoms with E-state index in [-0.39, 0.29) is 22.7 Å². The first-order valence-corrected chi connectivity index (χ1v) is 10.3. The van der Waals surface area contributed by atoms with Crippen molar-refractivity contribution in [2.75, 3.05) is 16.0 Å². The molecule has 0 saturated heterocycles.